The molecule has 0 radical (unpaired) electrons. The maximum atomic E-state index is 14.4. The fraction of sp³-hybridized carbons (Fsp3) is 0.253. The number of anilines is 15. The minimum absolute atomic E-state index is 0.00838. The van der Waals surface area contributed by atoms with E-state index < -0.39 is 18.2 Å². The maximum Gasteiger partial charge on any atom is 0.356 e. The standard InChI is InChI=1S/C21H19N7O3.C20H17F2N7O.C20H18FN7O.C20H19N7O2.C18H17N7OS/c1-31-20(29)16-10-13(4-6-23-16)15-2-3-17-19(25-15)28(14-5-9-27(17)12-14)21(30)26-18-11-22-7-8-24-18;21-18(22)15-9-12(3-5-24-15)14-1-2-16-19(26-14)29(13-4-8-28(16)11-13)20(30)27-17-10-23-6-7-25-17;1-12-8-14(15(21)9-24-12)16-2-3-17-19(25-16)28(13-4-7-27(17)11-13)20(29)26-18-10-22-5-6-23-18;28-12-14-9-13(3-5-22-14)16-1-2-17-19(24-16)27(15-4-8-26(17)11-15)20(29)25-18-10-21-6-7-23-18;1-11-21-8-15(27-11)13-2-3-14-17(22-13)25(12-4-7-24(14)10-12)18(26)23-16-9-19-5-6-20-16/h2-4,6-8,10-11,14H,5,9,12H2,1H3,(H,24,26,30);1-3,5-7,9-10,13,18H,4,8,11H2,(H,25,27,30);2-3,5-6,8-10,13H,4,7,11H2,1H3,(H,23,26,29);1-3,5-7,9-10,15,28H,4,8,11-12H2,(H,23,25,29);2-3,5-6,8-9,12H,4,7,10H2,1H3,(H,20,23,26)/t14-;2*13-;15-;12-/m00000/s1. The predicted molar refractivity (Wildman–Crippen MR) is 538 cm³/mol. The van der Waals surface area contributed by atoms with Crippen LogP contribution in [0, 0.1) is 19.7 Å². The summed E-state index contributed by atoms with van der Waals surface area (Å²) in [4.78, 5) is 183. The number of nitrogens with one attached hydrogen (secondary N) is 5. The van der Waals surface area contributed by atoms with Gasteiger partial charge in [0, 0.05) is 180 Å². The number of rotatable bonds is 13. The van der Waals surface area contributed by atoms with Crippen LogP contribution >= 0.6 is 11.3 Å². The van der Waals surface area contributed by atoms with Gasteiger partial charge in [0.25, 0.3) is 6.43 Å². The Morgan fingerprint density at radius 3 is 1.05 bits per heavy atom. The highest BCUT2D eigenvalue weighted by Crippen LogP contribution is 2.48. The number of halogens is 3. The van der Waals surface area contributed by atoms with Crippen molar-refractivity contribution in [1.29, 1.82) is 0 Å². The molecular formula is C99H90F3N35O8S. The number of pyridine rings is 9. The summed E-state index contributed by atoms with van der Waals surface area (Å²) in [6.45, 7) is 11.8. The van der Waals surface area contributed by atoms with Crippen molar-refractivity contribution in [1.82, 2.24) is 99.7 Å². The van der Waals surface area contributed by atoms with Crippen LogP contribution in [0.15, 0.2) is 227 Å². The number of amides is 10. The first-order chi connectivity index (χ1) is 71.2. The highest BCUT2D eigenvalue weighted by Gasteiger charge is 2.47. The van der Waals surface area contributed by atoms with Gasteiger partial charge >= 0.3 is 36.1 Å². The Labute approximate surface area is 834 Å². The van der Waals surface area contributed by atoms with E-state index in [0.717, 1.165) is 146 Å². The van der Waals surface area contributed by atoms with Gasteiger partial charge in [0.15, 0.2) is 64.0 Å². The highest BCUT2D eigenvalue weighted by atomic mass is 32.1. The number of aliphatic hydroxyl groups excluding tert-OH is 1. The SMILES string of the molecule is COC(=O)c1cc(-c2ccc3c(n2)N(C(=O)Nc2cnccn2)[C@H]2CCN3C2)ccn1.Cc1cc(-c2ccc3c(n2)N(C(=O)Nc2cnccn2)[C@H]2CCN3C2)c(F)cn1.Cc1ncc(-c2ccc3c(n2)N(C(=O)Nc2cnccn2)[C@H]2CCN3C2)s1.O=C(Nc1cnccn1)N1c2nc(-c3ccnc(C(F)F)c3)ccc2N2CC[C@H]1C2.O=C(Nc1cnccn1)N1c2nc(-c3ccnc(CO)c3)ccc2N2CC[C@H]1C2. The van der Waals surface area contributed by atoms with Crippen molar-refractivity contribution in [3.8, 4) is 55.6 Å². The molecule has 5 atom stereocenters. The van der Waals surface area contributed by atoms with Crippen LogP contribution in [0.5, 0.6) is 0 Å². The first kappa shape index (κ1) is 94.2. The number of aliphatic hydroxyl groups is 1. The van der Waals surface area contributed by atoms with Gasteiger partial charge in [-0.3, -0.25) is 91.0 Å². The number of methoxy groups -OCH3 is 1. The average Bonchev–Trinajstić information content (AvgIpc) is 1.61. The molecule has 25 heterocycles. The molecule has 25 rings (SSSR count). The number of nitrogens with zero attached hydrogens (tertiary/aromatic N) is 30. The van der Waals surface area contributed by atoms with Crippen molar-refractivity contribution in [3.63, 3.8) is 0 Å². The van der Waals surface area contributed by atoms with Gasteiger partial charge in [0.2, 0.25) is 0 Å². The summed E-state index contributed by atoms with van der Waals surface area (Å²) in [5.41, 5.74) is 11.3. The van der Waals surface area contributed by atoms with Crippen molar-refractivity contribution in [3.05, 3.63) is 261 Å². The largest absolute Gasteiger partial charge is 0.464 e. The Balaban J connectivity index is 0.000000107. The van der Waals surface area contributed by atoms with Crippen LogP contribution in [-0.2, 0) is 11.3 Å². The second kappa shape index (κ2) is 41.3. The molecule has 0 saturated carbocycles. The van der Waals surface area contributed by atoms with Gasteiger partial charge in [0.05, 0.1) is 154 Å². The summed E-state index contributed by atoms with van der Waals surface area (Å²) < 4.78 is 45.3. The molecule has 146 heavy (non-hydrogen) atoms. The molecule has 0 spiro atoms. The molecule has 0 aliphatic carbocycles. The number of aromatic nitrogens is 20. The van der Waals surface area contributed by atoms with E-state index in [1.807, 2.05) is 61.7 Å². The zero-order valence-electron chi connectivity index (χ0n) is 78.4. The van der Waals surface area contributed by atoms with Crippen LogP contribution in [0.25, 0.3) is 55.6 Å². The average molecular weight is 1990 g/mol. The number of urea groups is 5. The highest BCUT2D eigenvalue weighted by molar-refractivity contribution is 7.15. The molecule has 736 valence electrons. The second-order valence-electron chi connectivity index (χ2n) is 35.0. The van der Waals surface area contributed by atoms with E-state index >= 15 is 0 Å². The van der Waals surface area contributed by atoms with Crippen molar-refractivity contribution >= 4 is 134 Å². The Morgan fingerprint density at radius 1 is 0.377 bits per heavy atom. The monoisotopic (exact) mass is 1990 g/mol. The number of thiazole rings is 1. The molecular weight excluding hydrogens is 1900 g/mol. The predicted octanol–water partition coefficient (Wildman–Crippen LogP) is 13.9. The molecule has 15 aromatic heterocycles. The fourth-order valence-corrected chi connectivity index (χ4v) is 20.0. The Kier molecular flexibility index (Phi) is 26.6. The van der Waals surface area contributed by atoms with Gasteiger partial charge in [-0.1, -0.05) is 0 Å². The molecule has 10 amide bonds. The van der Waals surface area contributed by atoms with Crippen LogP contribution in [-0.4, -0.2) is 244 Å². The molecule has 47 heteroatoms. The van der Waals surface area contributed by atoms with Gasteiger partial charge < -0.3 is 34.3 Å². The van der Waals surface area contributed by atoms with Crippen molar-refractivity contribution < 1.29 is 51.8 Å². The van der Waals surface area contributed by atoms with Gasteiger partial charge in [-0.05, 0) is 149 Å². The number of alkyl halides is 2. The quantitative estimate of drug-likeness (QED) is 0.0584. The molecule has 5 fully saturated rings. The molecule has 43 nitrogen and oxygen atoms in total. The van der Waals surface area contributed by atoms with E-state index in [1.54, 1.807) is 122 Å². The van der Waals surface area contributed by atoms with Gasteiger partial charge in [-0.15, -0.1) is 11.3 Å². The fourth-order valence-electron chi connectivity index (χ4n) is 19.3. The van der Waals surface area contributed by atoms with Crippen LogP contribution in [0.4, 0.5) is 124 Å². The topological polar surface area (TPSA) is 482 Å². The number of hydrogen-bond donors (Lipinski definition) is 6. The van der Waals surface area contributed by atoms with Crippen molar-refractivity contribution in [2.75, 3.05) is 148 Å². The third kappa shape index (κ3) is 19.7. The minimum atomic E-state index is -2.67. The Morgan fingerprint density at radius 2 is 0.712 bits per heavy atom. The van der Waals surface area contributed by atoms with E-state index in [-0.39, 0.29) is 78.4 Å². The Bertz CT molecular complexity index is 7420. The number of ether oxygens (including phenoxy) is 1. The first-order valence-electron chi connectivity index (χ1n) is 46.8. The first-order valence-corrected chi connectivity index (χ1v) is 47.6. The Hall–Kier alpha value is -18.0. The van der Waals surface area contributed by atoms with E-state index in [9.17, 15) is 47.0 Å². The normalized spacial score (nSPS) is 17.2. The van der Waals surface area contributed by atoms with Crippen molar-refractivity contribution in [2.24, 2.45) is 0 Å². The molecule has 6 N–H and O–H groups in total. The number of fused-ring (bicyclic) bond motifs is 20. The summed E-state index contributed by atoms with van der Waals surface area (Å²) in [7, 11) is 1.31. The van der Waals surface area contributed by atoms with Crippen LogP contribution in [0.3, 0.4) is 0 Å². The smallest absolute Gasteiger partial charge is 0.356 e. The summed E-state index contributed by atoms with van der Waals surface area (Å²) in [5, 5.41) is 24.4. The lowest BCUT2D eigenvalue weighted by Gasteiger charge is -2.35. The molecule has 5 saturated heterocycles. The lowest BCUT2D eigenvalue weighted by molar-refractivity contribution is 0.0593. The van der Waals surface area contributed by atoms with Crippen LogP contribution in [0.1, 0.15) is 71.1 Å². The van der Waals surface area contributed by atoms with Gasteiger partial charge in [-0.2, -0.15) is 0 Å². The lowest BCUT2D eigenvalue weighted by Crippen LogP contribution is -2.48. The molecule has 10 bridgehead atoms. The number of carbonyl (C=O) groups excluding carboxylic acids is 6. The number of carbonyl (C=O) groups is 6. The van der Waals surface area contributed by atoms with E-state index in [0.29, 0.717) is 110 Å². The van der Waals surface area contributed by atoms with Crippen molar-refractivity contribution in [2.45, 2.75) is 89.2 Å². The number of hydrogen-bond acceptors (Lipinski definition) is 34. The third-order valence-electron chi connectivity index (χ3n) is 26.0. The molecule has 10 aliphatic heterocycles. The van der Waals surface area contributed by atoms with Crippen LogP contribution < -0.4 is 75.6 Å². The molecule has 15 aromatic rings. The van der Waals surface area contributed by atoms with E-state index in [1.165, 1.54) is 93.7 Å². The molecule has 10 aliphatic rings. The van der Waals surface area contributed by atoms with Gasteiger partial charge in [-0.25, -0.2) is 102 Å². The third-order valence-corrected chi connectivity index (χ3v) is 26.9. The van der Waals surface area contributed by atoms with E-state index in [4.69, 9.17) is 24.7 Å². The zero-order valence-corrected chi connectivity index (χ0v) is 79.2. The zero-order chi connectivity index (χ0) is 100. The lowest BCUT2D eigenvalue weighted by atomic mass is 10.1. The number of esters is 1. The van der Waals surface area contributed by atoms with E-state index in [2.05, 4.69) is 137 Å². The second-order valence-corrected chi connectivity index (χ2v) is 36.3. The van der Waals surface area contributed by atoms with Crippen LogP contribution in [0.2, 0.25) is 0 Å². The summed E-state index contributed by atoms with van der Waals surface area (Å²) in [5.74, 6) is 3.86. The summed E-state index contributed by atoms with van der Waals surface area (Å²) in [6, 6.07) is 29.5. The molecule has 0 unspecified atom stereocenters. The minimum Gasteiger partial charge on any atom is -0.464 e. The maximum absolute atomic E-state index is 14.4. The summed E-state index contributed by atoms with van der Waals surface area (Å²) in [6.07, 6.45) is 32.0. The number of aryl methyl sites for hydroxylation is 2. The molecule has 0 aromatic carbocycles. The van der Waals surface area contributed by atoms with Gasteiger partial charge in [0.1, 0.15) is 11.4 Å². The summed E-state index contributed by atoms with van der Waals surface area (Å²) >= 11 is 1.60.